The van der Waals surface area contributed by atoms with Crippen LogP contribution in [0.1, 0.15) is 18.9 Å². The van der Waals surface area contributed by atoms with Crippen molar-refractivity contribution in [2.75, 3.05) is 37.6 Å². The van der Waals surface area contributed by atoms with E-state index >= 15 is 0 Å². The molecule has 1 fully saturated rings. The van der Waals surface area contributed by atoms with Crippen molar-refractivity contribution in [3.63, 3.8) is 0 Å². The maximum absolute atomic E-state index is 5.83. The van der Waals surface area contributed by atoms with Gasteiger partial charge < -0.3 is 10.6 Å². The highest BCUT2D eigenvalue weighted by molar-refractivity contribution is 9.10. The Labute approximate surface area is 124 Å². The Kier molecular flexibility index (Phi) is 5.19. The van der Waals surface area contributed by atoms with E-state index in [-0.39, 0.29) is 0 Å². The minimum absolute atomic E-state index is 0.525. The lowest BCUT2D eigenvalue weighted by molar-refractivity contribution is 0.184. The van der Waals surface area contributed by atoms with E-state index in [0.29, 0.717) is 6.04 Å². The Hall–Kier alpha value is -0.650. The highest BCUT2D eigenvalue weighted by atomic mass is 79.9. The molecule has 0 bridgehead atoms. The third-order valence-corrected chi connectivity index (χ3v) is 4.42. The number of hydrogen-bond donors (Lipinski definition) is 1. The van der Waals surface area contributed by atoms with Crippen LogP contribution in [0.15, 0.2) is 16.7 Å². The van der Waals surface area contributed by atoms with Crippen LogP contribution in [0.5, 0.6) is 0 Å². The van der Waals surface area contributed by atoms with Gasteiger partial charge in [0.25, 0.3) is 0 Å². The van der Waals surface area contributed by atoms with Gasteiger partial charge in [-0.25, -0.2) is 4.98 Å². The van der Waals surface area contributed by atoms with E-state index in [1.54, 1.807) is 0 Å². The molecule has 0 spiro atoms. The summed E-state index contributed by atoms with van der Waals surface area (Å²) in [5.41, 5.74) is 7.01. The molecule has 1 unspecified atom stereocenters. The number of nitrogens with zero attached hydrogens (tertiary/aromatic N) is 3. The van der Waals surface area contributed by atoms with Crippen molar-refractivity contribution in [1.29, 1.82) is 0 Å². The van der Waals surface area contributed by atoms with Gasteiger partial charge in [0.05, 0.1) is 4.47 Å². The average molecular weight is 327 g/mol. The molecule has 2 heterocycles. The molecule has 1 aromatic heterocycles. The van der Waals surface area contributed by atoms with Gasteiger partial charge in [-0.2, -0.15) is 0 Å². The molecule has 106 valence electrons. The normalized spacial score (nSPS) is 18.6. The summed E-state index contributed by atoms with van der Waals surface area (Å²) in [6, 6.07) is 2.65. The molecule has 2 rings (SSSR count). The van der Waals surface area contributed by atoms with Gasteiger partial charge in [-0.1, -0.05) is 6.92 Å². The lowest BCUT2D eigenvalue weighted by Crippen LogP contribution is -2.52. The van der Waals surface area contributed by atoms with Gasteiger partial charge in [-0.05, 0) is 40.9 Å². The van der Waals surface area contributed by atoms with Crippen LogP contribution in [0, 0.1) is 6.92 Å². The summed E-state index contributed by atoms with van der Waals surface area (Å²) in [7, 11) is 0. The highest BCUT2D eigenvalue weighted by Crippen LogP contribution is 2.25. The molecular weight excluding hydrogens is 304 g/mol. The third kappa shape index (κ3) is 3.46. The minimum Gasteiger partial charge on any atom is -0.353 e. The summed E-state index contributed by atoms with van der Waals surface area (Å²) in [5.74, 6) is 1.06. The molecule has 1 aliphatic rings. The van der Waals surface area contributed by atoms with E-state index in [2.05, 4.69) is 50.6 Å². The fraction of sp³-hybridized carbons (Fsp3) is 0.643. The second kappa shape index (κ2) is 6.68. The van der Waals surface area contributed by atoms with Crippen molar-refractivity contribution in [2.45, 2.75) is 26.3 Å². The van der Waals surface area contributed by atoms with Crippen molar-refractivity contribution in [3.8, 4) is 0 Å². The van der Waals surface area contributed by atoms with Gasteiger partial charge in [0.15, 0.2) is 0 Å². The van der Waals surface area contributed by atoms with Crippen LogP contribution in [0.2, 0.25) is 0 Å². The van der Waals surface area contributed by atoms with E-state index in [0.717, 1.165) is 49.4 Å². The summed E-state index contributed by atoms with van der Waals surface area (Å²) in [5, 5.41) is 0. The Balaban J connectivity index is 1.99. The summed E-state index contributed by atoms with van der Waals surface area (Å²) in [4.78, 5) is 9.40. The highest BCUT2D eigenvalue weighted by Gasteiger charge is 2.23. The first-order chi connectivity index (χ1) is 9.15. The number of piperazine rings is 1. The molecule has 1 atom stereocenters. The van der Waals surface area contributed by atoms with Gasteiger partial charge in [-0.15, -0.1) is 0 Å². The first-order valence-corrected chi connectivity index (χ1v) is 7.76. The Bertz CT molecular complexity index is 412. The number of anilines is 1. The van der Waals surface area contributed by atoms with Crippen LogP contribution in [0.3, 0.4) is 0 Å². The first-order valence-electron chi connectivity index (χ1n) is 6.97. The van der Waals surface area contributed by atoms with Crippen LogP contribution in [0.25, 0.3) is 0 Å². The van der Waals surface area contributed by atoms with Crippen LogP contribution >= 0.6 is 15.9 Å². The number of hydrogen-bond acceptors (Lipinski definition) is 4. The van der Waals surface area contributed by atoms with Gasteiger partial charge in [0, 0.05) is 45.0 Å². The second-order valence-electron chi connectivity index (χ2n) is 5.14. The molecule has 5 heteroatoms. The van der Waals surface area contributed by atoms with Crippen molar-refractivity contribution in [3.05, 3.63) is 22.3 Å². The fourth-order valence-electron chi connectivity index (χ4n) is 2.63. The predicted molar refractivity (Wildman–Crippen MR) is 83.6 cm³/mol. The summed E-state index contributed by atoms with van der Waals surface area (Å²) >= 11 is 3.62. The average Bonchev–Trinajstić information content (AvgIpc) is 2.41. The summed E-state index contributed by atoms with van der Waals surface area (Å²) in [6.07, 6.45) is 3.06. The Morgan fingerprint density at radius 3 is 2.58 bits per heavy atom. The number of aromatic nitrogens is 1. The zero-order valence-corrected chi connectivity index (χ0v) is 13.4. The molecule has 0 aromatic carbocycles. The molecule has 0 radical (unpaired) electrons. The zero-order valence-electron chi connectivity index (χ0n) is 11.8. The van der Waals surface area contributed by atoms with Gasteiger partial charge in [0.1, 0.15) is 5.82 Å². The van der Waals surface area contributed by atoms with Gasteiger partial charge in [-0.3, -0.25) is 4.90 Å². The number of pyridine rings is 1. The molecule has 0 saturated carbocycles. The van der Waals surface area contributed by atoms with Gasteiger partial charge >= 0.3 is 0 Å². The molecule has 4 nitrogen and oxygen atoms in total. The van der Waals surface area contributed by atoms with Crippen LogP contribution in [-0.2, 0) is 0 Å². The SMILES string of the molecule is CCC(CN)N1CCN(c2ncc(C)cc2Br)CC1. The Morgan fingerprint density at radius 1 is 1.37 bits per heavy atom. The van der Waals surface area contributed by atoms with Crippen LogP contribution in [-0.4, -0.2) is 48.6 Å². The van der Waals surface area contributed by atoms with Crippen molar-refractivity contribution < 1.29 is 0 Å². The van der Waals surface area contributed by atoms with Crippen LogP contribution < -0.4 is 10.6 Å². The monoisotopic (exact) mass is 326 g/mol. The lowest BCUT2D eigenvalue weighted by Gasteiger charge is -2.39. The van der Waals surface area contributed by atoms with Gasteiger partial charge in [0.2, 0.25) is 0 Å². The molecular formula is C14H23BrN4. The number of halogens is 1. The third-order valence-electron chi connectivity index (χ3n) is 3.83. The maximum Gasteiger partial charge on any atom is 0.142 e. The van der Waals surface area contributed by atoms with Crippen molar-refractivity contribution >= 4 is 21.7 Å². The maximum atomic E-state index is 5.83. The quantitative estimate of drug-likeness (QED) is 0.919. The first kappa shape index (κ1) is 14.8. The second-order valence-corrected chi connectivity index (χ2v) is 5.99. The summed E-state index contributed by atoms with van der Waals surface area (Å²) in [6.45, 7) is 9.20. The van der Waals surface area contributed by atoms with E-state index in [1.165, 1.54) is 5.56 Å². The van der Waals surface area contributed by atoms with E-state index in [4.69, 9.17) is 5.73 Å². The smallest absolute Gasteiger partial charge is 0.142 e. The molecule has 1 aliphatic heterocycles. The fourth-order valence-corrected chi connectivity index (χ4v) is 3.35. The van der Waals surface area contributed by atoms with Crippen molar-refractivity contribution in [2.24, 2.45) is 5.73 Å². The standard InChI is InChI=1S/C14H23BrN4/c1-3-12(9-16)18-4-6-19(7-5-18)14-13(15)8-11(2)10-17-14/h8,10,12H,3-7,9,16H2,1-2H3. The molecule has 1 aromatic rings. The largest absolute Gasteiger partial charge is 0.353 e. The van der Waals surface area contributed by atoms with E-state index in [9.17, 15) is 0 Å². The molecule has 2 N–H and O–H groups in total. The topological polar surface area (TPSA) is 45.4 Å². The van der Waals surface area contributed by atoms with E-state index in [1.807, 2.05) is 6.20 Å². The predicted octanol–water partition coefficient (Wildman–Crippen LogP) is 2.01. The molecule has 0 amide bonds. The number of rotatable bonds is 4. The van der Waals surface area contributed by atoms with Crippen molar-refractivity contribution in [1.82, 2.24) is 9.88 Å². The van der Waals surface area contributed by atoms with E-state index < -0.39 is 0 Å². The molecule has 0 aliphatic carbocycles. The zero-order chi connectivity index (χ0) is 13.8. The number of aryl methyl sites for hydroxylation is 1. The summed E-state index contributed by atoms with van der Waals surface area (Å²) < 4.78 is 1.09. The number of nitrogens with two attached hydrogens (primary N) is 1. The Morgan fingerprint density at radius 2 is 2.05 bits per heavy atom. The molecule has 19 heavy (non-hydrogen) atoms. The van der Waals surface area contributed by atoms with Crippen LogP contribution in [0.4, 0.5) is 5.82 Å². The molecule has 1 saturated heterocycles. The minimum atomic E-state index is 0.525. The lowest BCUT2D eigenvalue weighted by atomic mass is 10.1.